The number of amides is 4. The number of hydrogen-bond acceptors (Lipinski definition) is 9. The number of allylic oxidation sites excluding steroid dienone is 1. The Hall–Kier alpha value is -5.37. The number of aromatic hydroxyl groups is 1. The van der Waals surface area contributed by atoms with Crippen LogP contribution in [0, 0.1) is 17.8 Å². The number of aliphatic carboxylic acids is 1. The standard InChI is InChI=1S/C43H58N6O8/c1-5-27(4)32(24-38(51)34(21-29-15-17-31(50)18-16-29)46-39(52)25-33(44)26(2)3)40(53)47-35(23-30-13-9-19-45-30)42(55)49-20-10-14-37(49)41(54)48-36(43(56)57)22-28-11-7-6-8-12-28/h6-8,11-13,15-19,26-27,32-37,50H,5,9-10,14,20-25,44H2,1-4H3,(H,46,52)(H,47,53)(H,48,54)(H,56,57). The minimum Gasteiger partial charge on any atom is -0.508 e. The van der Waals surface area contributed by atoms with E-state index in [4.69, 9.17) is 5.73 Å². The van der Waals surface area contributed by atoms with Crippen LogP contribution in [0.15, 0.2) is 71.4 Å². The van der Waals surface area contributed by atoms with Crippen molar-refractivity contribution >= 4 is 41.6 Å². The Morgan fingerprint density at radius 2 is 1.53 bits per heavy atom. The van der Waals surface area contributed by atoms with E-state index in [-0.39, 0.29) is 62.0 Å². The fraction of sp³-hybridized carbons (Fsp3) is 0.512. The zero-order chi connectivity index (χ0) is 41.6. The lowest BCUT2D eigenvalue weighted by molar-refractivity contribution is -0.145. The van der Waals surface area contributed by atoms with Gasteiger partial charge in [0.25, 0.3) is 0 Å². The second kappa shape index (κ2) is 21.2. The van der Waals surface area contributed by atoms with Crippen LogP contribution in [0.4, 0.5) is 0 Å². The van der Waals surface area contributed by atoms with E-state index < -0.39 is 65.7 Å². The first-order valence-electron chi connectivity index (χ1n) is 19.9. The van der Waals surface area contributed by atoms with E-state index >= 15 is 0 Å². The normalized spacial score (nSPS) is 18.2. The first-order chi connectivity index (χ1) is 27.2. The highest BCUT2D eigenvalue weighted by atomic mass is 16.4. The lowest BCUT2D eigenvalue weighted by atomic mass is 9.84. The van der Waals surface area contributed by atoms with Gasteiger partial charge in [-0.25, -0.2) is 4.79 Å². The predicted octanol–water partition coefficient (Wildman–Crippen LogP) is 3.45. The maximum atomic E-state index is 14.4. The summed E-state index contributed by atoms with van der Waals surface area (Å²) in [6.45, 7) is 7.78. The van der Waals surface area contributed by atoms with Crippen LogP contribution in [0.5, 0.6) is 5.75 Å². The predicted molar refractivity (Wildman–Crippen MR) is 216 cm³/mol. The molecule has 0 saturated carbocycles. The first kappa shape index (κ1) is 44.3. The number of nitrogens with two attached hydrogens (primary N) is 1. The molecule has 1 fully saturated rings. The highest BCUT2D eigenvalue weighted by Gasteiger charge is 2.40. The molecule has 7 unspecified atom stereocenters. The number of rotatable bonds is 21. The van der Waals surface area contributed by atoms with Gasteiger partial charge in [0.15, 0.2) is 5.78 Å². The number of aliphatic imine (C=N–C) groups is 1. The molecule has 7 atom stereocenters. The van der Waals surface area contributed by atoms with Gasteiger partial charge in [-0.2, -0.15) is 0 Å². The van der Waals surface area contributed by atoms with Crippen LogP contribution in [-0.4, -0.2) is 93.5 Å². The Kier molecular flexibility index (Phi) is 16.5. The summed E-state index contributed by atoms with van der Waals surface area (Å²) in [5.74, 6) is -4.67. The van der Waals surface area contributed by atoms with Gasteiger partial charge in [-0.3, -0.25) is 29.0 Å². The Labute approximate surface area is 334 Å². The van der Waals surface area contributed by atoms with Crippen LogP contribution in [0.3, 0.4) is 0 Å². The number of benzene rings is 2. The number of ketones is 1. The van der Waals surface area contributed by atoms with E-state index in [0.717, 1.165) is 5.56 Å². The van der Waals surface area contributed by atoms with Gasteiger partial charge < -0.3 is 36.8 Å². The molecule has 57 heavy (non-hydrogen) atoms. The molecule has 7 N–H and O–H groups in total. The molecule has 2 aliphatic rings. The molecule has 4 amide bonds. The smallest absolute Gasteiger partial charge is 0.326 e. The van der Waals surface area contributed by atoms with Crippen molar-refractivity contribution in [1.29, 1.82) is 0 Å². The zero-order valence-electron chi connectivity index (χ0n) is 33.4. The van der Waals surface area contributed by atoms with Gasteiger partial charge in [-0.1, -0.05) is 82.7 Å². The van der Waals surface area contributed by atoms with Crippen molar-refractivity contribution < 1.29 is 39.0 Å². The molecule has 4 rings (SSSR count). The zero-order valence-corrected chi connectivity index (χ0v) is 33.4. The number of likely N-dealkylation sites (tertiary alicyclic amines) is 1. The van der Waals surface area contributed by atoms with Crippen LogP contribution in [-0.2, 0) is 41.6 Å². The molecule has 2 aliphatic heterocycles. The van der Waals surface area contributed by atoms with E-state index in [1.165, 1.54) is 17.0 Å². The van der Waals surface area contributed by atoms with Gasteiger partial charge in [-0.15, -0.1) is 0 Å². The quantitative estimate of drug-likeness (QED) is 0.109. The third-order valence-corrected chi connectivity index (χ3v) is 10.9. The van der Waals surface area contributed by atoms with E-state index in [1.54, 1.807) is 42.6 Å². The SMILES string of the molecule is CCC(C)C(CC(=O)C(Cc1ccc(O)cc1)NC(=O)CC(N)C(C)C)C(=O)NC(CC1=CCC=N1)C(=O)N1CCCC1C(=O)NC(Cc1ccccc1)C(=O)O. The number of carboxylic acids is 1. The van der Waals surface area contributed by atoms with Crippen LogP contribution in [0.2, 0.25) is 0 Å². The molecule has 14 heteroatoms. The average molecular weight is 787 g/mol. The fourth-order valence-electron chi connectivity index (χ4n) is 7.07. The Balaban J connectivity index is 1.54. The summed E-state index contributed by atoms with van der Waals surface area (Å²) >= 11 is 0. The second-order valence-corrected chi connectivity index (χ2v) is 15.6. The minimum absolute atomic E-state index is 0.00787. The van der Waals surface area contributed by atoms with E-state index in [1.807, 2.05) is 39.8 Å². The van der Waals surface area contributed by atoms with Gasteiger partial charge in [0, 0.05) is 62.5 Å². The topological polar surface area (TPSA) is 221 Å². The van der Waals surface area contributed by atoms with Crippen molar-refractivity contribution in [3.05, 3.63) is 77.5 Å². The van der Waals surface area contributed by atoms with Gasteiger partial charge in [0.1, 0.15) is 23.9 Å². The molecule has 0 aromatic heterocycles. The lowest BCUT2D eigenvalue weighted by Gasteiger charge is -2.31. The Morgan fingerprint density at radius 1 is 0.860 bits per heavy atom. The number of phenols is 1. The average Bonchev–Trinajstić information content (AvgIpc) is 3.90. The molecule has 0 spiro atoms. The van der Waals surface area contributed by atoms with Crippen molar-refractivity contribution in [2.45, 2.75) is 116 Å². The minimum atomic E-state index is -1.21. The molecule has 0 radical (unpaired) electrons. The van der Waals surface area contributed by atoms with Crippen LogP contribution in [0.1, 0.15) is 83.8 Å². The number of carbonyl (C=O) groups excluding carboxylic acids is 5. The van der Waals surface area contributed by atoms with Gasteiger partial charge in [-0.05, 0) is 54.4 Å². The maximum absolute atomic E-state index is 14.4. The van der Waals surface area contributed by atoms with E-state index in [9.17, 15) is 39.0 Å². The van der Waals surface area contributed by atoms with Crippen LogP contribution >= 0.6 is 0 Å². The molecular formula is C43H58N6O8. The number of Topliss-reactive ketones (excluding diaryl/α,β-unsaturated/α-hetero) is 1. The number of carbonyl (C=O) groups is 6. The summed E-state index contributed by atoms with van der Waals surface area (Å²) in [7, 11) is 0. The van der Waals surface area contributed by atoms with E-state index in [0.29, 0.717) is 36.9 Å². The number of phenolic OH excluding ortho intramolecular Hbond substituents is 1. The van der Waals surface area contributed by atoms with E-state index in [2.05, 4.69) is 20.9 Å². The van der Waals surface area contributed by atoms with Crippen molar-refractivity contribution in [3.8, 4) is 5.75 Å². The van der Waals surface area contributed by atoms with Crippen LogP contribution < -0.4 is 21.7 Å². The summed E-state index contributed by atoms with van der Waals surface area (Å²) in [6.07, 6.45) is 5.48. The molecule has 308 valence electrons. The third-order valence-electron chi connectivity index (χ3n) is 10.9. The molecule has 2 aromatic carbocycles. The molecule has 0 bridgehead atoms. The highest BCUT2D eigenvalue weighted by molar-refractivity contribution is 5.96. The maximum Gasteiger partial charge on any atom is 0.326 e. The summed E-state index contributed by atoms with van der Waals surface area (Å²) in [4.78, 5) is 87.4. The molecule has 1 saturated heterocycles. The van der Waals surface area contributed by atoms with Gasteiger partial charge in [0.2, 0.25) is 23.6 Å². The van der Waals surface area contributed by atoms with Gasteiger partial charge >= 0.3 is 5.97 Å². The molecule has 2 aromatic rings. The largest absolute Gasteiger partial charge is 0.508 e. The van der Waals surface area contributed by atoms with Crippen molar-refractivity contribution in [2.24, 2.45) is 28.5 Å². The number of hydrogen-bond donors (Lipinski definition) is 6. The first-order valence-corrected chi connectivity index (χ1v) is 19.9. The number of nitrogens with one attached hydrogen (secondary N) is 3. The highest BCUT2D eigenvalue weighted by Crippen LogP contribution is 2.25. The lowest BCUT2D eigenvalue weighted by Crippen LogP contribution is -2.56. The molecule has 14 nitrogen and oxygen atoms in total. The fourth-order valence-corrected chi connectivity index (χ4v) is 7.07. The van der Waals surface area contributed by atoms with Crippen LogP contribution in [0.25, 0.3) is 0 Å². The second-order valence-electron chi connectivity index (χ2n) is 15.6. The summed E-state index contributed by atoms with van der Waals surface area (Å²) in [5, 5.41) is 28.1. The van der Waals surface area contributed by atoms with Gasteiger partial charge in [0.05, 0.1) is 6.04 Å². The number of nitrogens with zero attached hydrogens (tertiary/aromatic N) is 2. The molecule has 2 heterocycles. The third kappa shape index (κ3) is 13.1. The summed E-state index contributed by atoms with van der Waals surface area (Å²) < 4.78 is 0. The number of carboxylic acid groups (broad SMARTS) is 1. The molecular weight excluding hydrogens is 729 g/mol. The Bertz CT molecular complexity index is 1780. The Morgan fingerprint density at radius 3 is 2.14 bits per heavy atom. The summed E-state index contributed by atoms with van der Waals surface area (Å²) in [5.41, 5.74) is 8.18. The van der Waals surface area contributed by atoms with Crippen molar-refractivity contribution in [2.75, 3.05) is 6.54 Å². The summed E-state index contributed by atoms with van der Waals surface area (Å²) in [6, 6.07) is 10.5. The molecule has 0 aliphatic carbocycles. The van der Waals surface area contributed by atoms with Crippen molar-refractivity contribution in [3.63, 3.8) is 0 Å². The van der Waals surface area contributed by atoms with Crippen molar-refractivity contribution in [1.82, 2.24) is 20.9 Å². The monoisotopic (exact) mass is 786 g/mol.